The SMILES string of the molecule is CCCCCS[C@@H]1CS(=O)(=O)C[C@H]1SCCCCC. The molecular weight excluding hydrogens is 296 g/mol. The fraction of sp³-hybridized carbons (Fsp3) is 1.00. The summed E-state index contributed by atoms with van der Waals surface area (Å²) in [4.78, 5) is 0. The van der Waals surface area contributed by atoms with E-state index in [9.17, 15) is 8.42 Å². The van der Waals surface area contributed by atoms with E-state index in [1.165, 1.54) is 38.5 Å². The smallest absolute Gasteiger partial charge is 0.152 e. The lowest BCUT2D eigenvalue weighted by atomic mass is 10.3. The van der Waals surface area contributed by atoms with Crippen molar-refractivity contribution in [2.24, 2.45) is 0 Å². The van der Waals surface area contributed by atoms with Gasteiger partial charge in [0.05, 0.1) is 11.5 Å². The maximum Gasteiger partial charge on any atom is 0.152 e. The minimum Gasteiger partial charge on any atom is -0.229 e. The highest BCUT2D eigenvalue weighted by Crippen LogP contribution is 2.34. The van der Waals surface area contributed by atoms with E-state index in [0.717, 1.165) is 11.5 Å². The molecule has 1 saturated heterocycles. The molecule has 2 nitrogen and oxygen atoms in total. The van der Waals surface area contributed by atoms with Gasteiger partial charge in [-0.2, -0.15) is 23.5 Å². The van der Waals surface area contributed by atoms with Crippen LogP contribution in [0.5, 0.6) is 0 Å². The topological polar surface area (TPSA) is 34.1 Å². The highest BCUT2D eigenvalue weighted by Gasteiger charge is 2.37. The van der Waals surface area contributed by atoms with Gasteiger partial charge in [0.15, 0.2) is 9.84 Å². The first-order valence-corrected chi connectivity index (χ1v) is 11.4. The van der Waals surface area contributed by atoms with Crippen LogP contribution >= 0.6 is 23.5 Å². The molecule has 0 radical (unpaired) electrons. The van der Waals surface area contributed by atoms with Gasteiger partial charge < -0.3 is 0 Å². The molecule has 0 bridgehead atoms. The van der Waals surface area contributed by atoms with Crippen LogP contribution in [0.15, 0.2) is 0 Å². The Labute approximate surface area is 127 Å². The van der Waals surface area contributed by atoms with Crippen LogP contribution < -0.4 is 0 Å². The molecule has 1 aliphatic heterocycles. The Hall–Kier alpha value is 0.650. The molecule has 2 atom stereocenters. The summed E-state index contributed by atoms with van der Waals surface area (Å²) < 4.78 is 23.6. The number of sulfone groups is 1. The Balaban J connectivity index is 2.32. The van der Waals surface area contributed by atoms with Crippen LogP contribution in [0.3, 0.4) is 0 Å². The molecule has 1 aliphatic rings. The molecule has 0 amide bonds. The Kier molecular flexibility index (Phi) is 8.91. The van der Waals surface area contributed by atoms with E-state index >= 15 is 0 Å². The summed E-state index contributed by atoms with van der Waals surface area (Å²) in [6.45, 7) is 4.41. The third kappa shape index (κ3) is 7.28. The van der Waals surface area contributed by atoms with Gasteiger partial charge in [-0.25, -0.2) is 8.42 Å². The number of hydrogen-bond donors (Lipinski definition) is 0. The molecule has 0 unspecified atom stereocenters. The van der Waals surface area contributed by atoms with Gasteiger partial charge in [0.1, 0.15) is 0 Å². The zero-order chi connectivity index (χ0) is 14.1. The molecule has 5 heteroatoms. The number of hydrogen-bond acceptors (Lipinski definition) is 4. The van der Waals surface area contributed by atoms with Gasteiger partial charge in [-0.05, 0) is 24.3 Å². The van der Waals surface area contributed by atoms with Crippen molar-refractivity contribution in [2.75, 3.05) is 23.0 Å². The molecular formula is C14H28O2S3. The van der Waals surface area contributed by atoms with Crippen molar-refractivity contribution >= 4 is 33.4 Å². The van der Waals surface area contributed by atoms with Crippen molar-refractivity contribution in [1.82, 2.24) is 0 Å². The summed E-state index contributed by atoms with van der Waals surface area (Å²) in [6.07, 6.45) is 7.45. The summed E-state index contributed by atoms with van der Waals surface area (Å²) in [7, 11) is -2.77. The van der Waals surface area contributed by atoms with Gasteiger partial charge >= 0.3 is 0 Å². The largest absolute Gasteiger partial charge is 0.229 e. The van der Waals surface area contributed by atoms with Crippen molar-refractivity contribution in [3.63, 3.8) is 0 Å². The van der Waals surface area contributed by atoms with Crippen LogP contribution in [0, 0.1) is 0 Å². The van der Waals surface area contributed by atoms with Crippen molar-refractivity contribution in [1.29, 1.82) is 0 Å². The second-order valence-electron chi connectivity index (χ2n) is 5.31. The molecule has 1 rings (SSSR count). The molecule has 1 heterocycles. The van der Waals surface area contributed by atoms with Crippen molar-refractivity contribution in [3.05, 3.63) is 0 Å². The summed E-state index contributed by atoms with van der Waals surface area (Å²) in [6, 6.07) is 0. The highest BCUT2D eigenvalue weighted by molar-refractivity contribution is 8.06. The van der Waals surface area contributed by atoms with Gasteiger partial charge in [0.25, 0.3) is 0 Å². The average Bonchev–Trinajstić information content (AvgIpc) is 2.65. The summed E-state index contributed by atoms with van der Waals surface area (Å²) in [5, 5.41) is 0.682. The maximum absolute atomic E-state index is 11.8. The zero-order valence-electron chi connectivity index (χ0n) is 12.3. The van der Waals surface area contributed by atoms with E-state index in [-0.39, 0.29) is 0 Å². The Morgan fingerprint density at radius 3 is 1.63 bits per heavy atom. The first-order valence-electron chi connectivity index (χ1n) is 7.52. The molecule has 0 aromatic rings. The second-order valence-corrected chi connectivity index (χ2v) is 10.2. The minimum absolute atomic E-state index is 0.341. The Morgan fingerprint density at radius 2 is 1.26 bits per heavy atom. The van der Waals surface area contributed by atoms with Crippen LogP contribution in [-0.2, 0) is 9.84 Å². The Morgan fingerprint density at radius 1 is 0.842 bits per heavy atom. The van der Waals surface area contributed by atoms with Crippen LogP contribution in [-0.4, -0.2) is 41.9 Å². The summed E-state index contributed by atoms with van der Waals surface area (Å²) in [5.74, 6) is 3.07. The number of unbranched alkanes of at least 4 members (excludes halogenated alkanes) is 4. The number of thioether (sulfide) groups is 2. The quantitative estimate of drug-likeness (QED) is 0.569. The fourth-order valence-electron chi connectivity index (χ4n) is 2.27. The first-order chi connectivity index (χ1) is 9.09. The van der Waals surface area contributed by atoms with Gasteiger partial charge in [0, 0.05) is 10.5 Å². The lowest BCUT2D eigenvalue weighted by Gasteiger charge is -2.17. The highest BCUT2D eigenvalue weighted by atomic mass is 32.2. The Bertz CT molecular complexity index is 302. The second kappa shape index (κ2) is 9.56. The average molecular weight is 325 g/mol. The first kappa shape index (κ1) is 17.7. The fourth-order valence-corrected chi connectivity index (χ4v) is 8.57. The van der Waals surface area contributed by atoms with Gasteiger partial charge in [-0.3, -0.25) is 0 Å². The monoisotopic (exact) mass is 324 g/mol. The van der Waals surface area contributed by atoms with Crippen LogP contribution in [0.2, 0.25) is 0 Å². The number of rotatable bonds is 10. The summed E-state index contributed by atoms with van der Waals surface area (Å²) in [5.41, 5.74) is 0. The lowest BCUT2D eigenvalue weighted by Crippen LogP contribution is -2.18. The van der Waals surface area contributed by atoms with Crippen LogP contribution in [0.4, 0.5) is 0 Å². The molecule has 0 spiro atoms. The summed E-state index contributed by atoms with van der Waals surface area (Å²) >= 11 is 3.80. The van der Waals surface area contributed by atoms with Gasteiger partial charge in [0.2, 0.25) is 0 Å². The van der Waals surface area contributed by atoms with Crippen molar-refractivity contribution in [2.45, 2.75) is 62.9 Å². The van der Waals surface area contributed by atoms with Gasteiger partial charge in [-0.1, -0.05) is 39.5 Å². The third-order valence-corrected chi connectivity index (χ3v) is 8.63. The predicted octanol–water partition coefficient (Wildman–Crippen LogP) is 4.00. The van der Waals surface area contributed by atoms with E-state index < -0.39 is 9.84 Å². The predicted molar refractivity (Wildman–Crippen MR) is 90.2 cm³/mol. The van der Waals surface area contributed by atoms with Crippen molar-refractivity contribution < 1.29 is 8.42 Å². The van der Waals surface area contributed by atoms with Crippen molar-refractivity contribution in [3.8, 4) is 0 Å². The molecule has 0 aromatic heterocycles. The lowest BCUT2D eigenvalue weighted by molar-refractivity contribution is 0.602. The molecule has 0 N–H and O–H groups in total. The molecule has 0 saturated carbocycles. The van der Waals surface area contributed by atoms with Gasteiger partial charge in [-0.15, -0.1) is 0 Å². The molecule has 0 aromatic carbocycles. The molecule has 114 valence electrons. The standard InChI is InChI=1S/C14H28O2S3/c1-3-5-7-9-17-13-11-19(15,16)12-14(13)18-10-8-6-4-2/h13-14H,3-12H2,1-2H3/t13-,14-/m1/s1. The van der Waals surface area contributed by atoms with E-state index in [2.05, 4.69) is 13.8 Å². The minimum atomic E-state index is -2.77. The van der Waals surface area contributed by atoms with E-state index in [4.69, 9.17) is 0 Å². The third-order valence-electron chi connectivity index (χ3n) is 3.41. The zero-order valence-corrected chi connectivity index (χ0v) is 14.7. The van der Waals surface area contributed by atoms with E-state index in [1.807, 2.05) is 23.5 Å². The van der Waals surface area contributed by atoms with Crippen LogP contribution in [0.1, 0.15) is 52.4 Å². The molecule has 1 fully saturated rings. The maximum atomic E-state index is 11.8. The van der Waals surface area contributed by atoms with E-state index in [1.54, 1.807) is 0 Å². The normalized spacial score (nSPS) is 25.8. The molecule has 19 heavy (non-hydrogen) atoms. The van der Waals surface area contributed by atoms with Crippen LogP contribution in [0.25, 0.3) is 0 Å². The molecule has 0 aliphatic carbocycles. The van der Waals surface area contributed by atoms with E-state index in [0.29, 0.717) is 22.0 Å².